The minimum absolute atomic E-state index is 0.272. The Kier molecular flexibility index (Phi) is 6.99. The van der Waals surface area contributed by atoms with E-state index in [1.165, 1.54) is 96.3 Å². The molecule has 3 N–H and O–H groups in total. The van der Waals surface area contributed by atoms with Crippen molar-refractivity contribution in [2.24, 2.45) is 0 Å². The SMILES string of the molecule is [Si]C(NC1CCCCC1)(NC1CCCCC1)NC1CCCCC1. The summed E-state index contributed by atoms with van der Waals surface area (Å²) in [5, 5.41) is 11.8. The van der Waals surface area contributed by atoms with Gasteiger partial charge < -0.3 is 0 Å². The molecule has 3 rings (SSSR count). The molecular formula is C19H36N3Si. The first-order valence-electron chi connectivity index (χ1n) is 10.3. The van der Waals surface area contributed by atoms with E-state index in [0.717, 1.165) is 0 Å². The van der Waals surface area contributed by atoms with Crippen LogP contribution in [0.5, 0.6) is 0 Å². The van der Waals surface area contributed by atoms with Gasteiger partial charge in [0.15, 0.2) is 0 Å². The molecule has 0 aromatic rings. The van der Waals surface area contributed by atoms with Gasteiger partial charge >= 0.3 is 0 Å². The van der Waals surface area contributed by atoms with Crippen LogP contribution < -0.4 is 16.0 Å². The van der Waals surface area contributed by atoms with E-state index < -0.39 is 0 Å². The average Bonchev–Trinajstić information content (AvgIpc) is 2.57. The van der Waals surface area contributed by atoms with Crippen LogP contribution in [0, 0.1) is 0 Å². The normalized spacial score (nSPS) is 26.5. The Hall–Kier alpha value is 0.0969. The zero-order chi connectivity index (χ0) is 16.0. The molecule has 3 radical (unpaired) electrons. The van der Waals surface area contributed by atoms with Crippen molar-refractivity contribution < 1.29 is 0 Å². The van der Waals surface area contributed by atoms with Crippen LogP contribution in [0.3, 0.4) is 0 Å². The molecule has 0 heterocycles. The Morgan fingerprint density at radius 1 is 0.478 bits per heavy atom. The molecule has 0 atom stereocenters. The maximum Gasteiger partial charge on any atom is 0.101 e. The highest BCUT2D eigenvalue weighted by molar-refractivity contribution is 6.14. The summed E-state index contributed by atoms with van der Waals surface area (Å²) in [6.07, 6.45) is 20.5. The van der Waals surface area contributed by atoms with Crippen LogP contribution in [0.1, 0.15) is 96.3 Å². The third-order valence-corrected chi connectivity index (χ3v) is 6.51. The zero-order valence-corrected chi connectivity index (χ0v) is 15.8. The predicted molar refractivity (Wildman–Crippen MR) is 98.5 cm³/mol. The van der Waals surface area contributed by atoms with E-state index in [9.17, 15) is 0 Å². The van der Waals surface area contributed by atoms with E-state index in [4.69, 9.17) is 0 Å². The molecule has 3 aliphatic rings. The summed E-state index contributed by atoms with van der Waals surface area (Å²) < 4.78 is 0. The van der Waals surface area contributed by atoms with Crippen molar-refractivity contribution in [2.45, 2.75) is 120 Å². The van der Waals surface area contributed by atoms with Gasteiger partial charge in [0, 0.05) is 18.1 Å². The molecule has 0 saturated heterocycles. The van der Waals surface area contributed by atoms with Crippen molar-refractivity contribution in [1.29, 1.82) is 0 Å². The van der Waals surface area contributed by atoms with Gasteiger partial charge in [0.25, 0.3) is 0 Å². The van der Waals surface area contributed by atoms with Crippen molar-refractivity contribution >= 4 is 10.2 Å². The van der Waals surface area contributed by atoms with Crippen molar-refractivity contribution in [1.82, 2.24) is 16.0 Å². The highest BCUT2D eigenvalue weighted by Gasteiger charge is 2.33. The monoisotopic (exact) mass is 334 g/mol. The van der Waals surface area contributed by atoms with Crippen LogP contribution >= 0.6 is 0 Å². The molecule has 0 spiro atoms. The number of hydrogen-bond donors (Lipinski definition) is 3. The summed E-state index contributed by atoms with van der Waals surface area (Å²) in [5.74, 6) is 0. The fourth-order valence-corrected chi connectivity index (χ4v) is 5.40. The van der Waals surface area contributed by atoms with Crippen molar-refractivity contribution in [3.05, 3.63) is 0 Å². The Morgan fingerprint density at radius 3 is 1.00 bits per heavy atom. The topological polar surface area (TPSA) is 36.1 Å². The largest absolute Gasteiger partial charge is 0.288 e. The molecular weight excluding hydrogens is 298 g/mol. The quantitative estimate of drug-likeness (QED) is 0.514. The van der Waals surface area contributed by atoms with Gasteiger partial charge in [0.1, 0.15) is 5.41 Å². The molecule has 3 saturated carbocycles. The fourth-order valence-electron chi connectivity index (χ4n) is 4.78. The Labute approximate surface area is 146 Å². The summed E-state index contributed by atoms with van der Waals surface area (Å²) in [5.41, 5.74) is -0.272. The van der Waals surface area contributed by atoms with E-state index in [1.54, 1.807) is 0 Å². The van der Waals surface area contributed by atoms with Gasteiger partial charge in [-0.3, -0.25) is 16.0 Å². The molecule has 3 aliphatic carbocycles. The van der Waals surface area contributed by atoms with Gasteiger partial charge in [0.2, 0.25) is 0 Å². The molecule has 0 aliphatic heterocycles. The Morgan fingerprint density at radius 2 is 0.739 bits per heavy atom. The first-order chi connectivity index (χ1) is 11.2. The van der Waals surface area contributed by atoms with E-state index in [2.05, 4.69) is 26.2 Å². The second-order valence-corrected chi connectivity index (χ2v) is 8.94. The minimum Gasteiger partial charge on any atom is -0.288 e. The molecule has 0 amide bonds. The van der Waals surface area contributed by atoms with Gasteiger partial charge in [-0.2, -0.15) is 0 Å². The molecule has 0 bridgehead atoms. The summed E-state index contributed by atoms with van der Waals surface area (Å²) in [7, 11) is 4.12. The van der Waals surface area contributed by atoms with Gasteiger partial charge in [-0.05, 0) is 38.5 Å². The molecule has 0 aromatic heterocycles. The highest BCUT2D eigenvalue weighted by atomic mass is 28.1. The van der Waals surface area contributed by atoms with Crippen LogP contribution in [-0.4, -0.2) is 33.8 Å². The lowest BCUT2D eigenvalue weighted by Crippen LogP contribution is -2.73. The number of nitrogens with one attached hydrogen (secondary N) is 3. The maximum absolute atomic E-state index is 4.12. The third-order valence-electron chi connectivity index (χ3n) is 6.08. The number of rotatable bonds is 6. The second-order valence-electron chi connectivity index (χ2n) is 8.19. The van der Waals surface area contributed by atoms with Gasteiger partial charge in [-0.15, -0.1) is 0 Å². The maximum atomic E-state index is 4.12. The van der Waals surface area contributed by atoms with Crippen LogP contribution in [0.2, 0.25) is 0 Å². The smallest absolute Gasteiger partial charge is 0.101 e. The molecule has 3 nitrogen and oxygen atoms in total. The zero-order valence-electron chi connectivity index (χ0n) is 14.8. The molecule has 0 unspecified atom stereocenters. The highest BCUT2D eigenvalue weighted by Crippen LogP contribution is 2.23. The van der Waals surface area contributed by atoms with Crippen LogP contribution in [-0.2, 0) is 0 Å². The Balaban J connectivity index is 1.59. The predicted octanol–water partition coefficient (Wildman–Crippen LogP) is 3.53. The van der Waals surface area contributed by atoms with E-state index in [1.807, 2.05) is 0 Å². The standard InChI is InChI=1S/C19H36N3Si/c23-19(20-16-10-4-1-5-11-16,21-17-12-6-2-7-13-17)22-18-14-8-3-9-15-18/h16-18,20-22H,1-15H2. The van der Waals surface area contributed by atoms with Gasteiger partial charge in [-0.25, -0.2) is 0 Å². The molecule has 0 aromatic carbocycles. The lowest BCUT2D eigenvalue weighted by Gasteiger charge is -2.44. The molecule has 3 fully saturated rings. The van der Waals surface area contributed by atoms with Crippen molar-refractivity contribution in [3.63, 3.8) is 0 Å². The van der Waals surface area contributed by atoms with Crippen LogP contribution in [0.4, 0.5) is 0 Å². The summed E-state index contributed by atoms with van der Waals surface area (Å²) >= 11 is 0. The van der Waals surface area contributed by atoms with E-state index in [0.29, 0.717) is 18.1 Å². The first-order valence-corrected chi connectivity index (χ1v) is 10.8. The summed E-state index contributed by atoms with van der Waals surface area (Å²) in [4.78, 5) is 0. The molecule has 131 valence electrons. The van der Waals surface area contributed by atoms with E-state index in [-0.39, 0.29) is 5.41 Å². The third kappa shape index (κ3) is 5.84. The summed E-state index contributed by atoms with van der Waals surface area (Å²) in [6, 6.07) is 1.94. The van der Waals surface area contributed by atoms with E-state index >= 15 is 0 Å². The molecule has 23 heavy (non-hydrogen) atoms. The van der Waals surface area contributed by atoms with Gasteiger partial charge in [-0.1, -0.05) is 57.8 Å². The Bertz CT molecular complexity index is 281. The second kappa shape index (κ2) is 8.98. The average molecular weight is 335 g/mol. The molecule has 4 heteroatoms. The van der Waals surface area contributed by atoms with Gasteiger partial charge in [0.05, 0.1) is 10.2 Å². The lowest BCUT2D eigenvalue weighted by molar-refractivity contribution is 0.173. The fraction of sp³-hybridized carbons (Fsp3) is 1.00. The summed E-state index contributed by atoms with van der Waals surface area (Å²) in [6.45, 7) is 0. The van der Waals surface area contributed by atoms with Crippen molar-refractivity contribution in [3.8, 4) is 0 Å². The number of hydrogen-bond acceptors (Lipinski definition) is 3. The minimum atomic E-state index is -0.272. The van der Waals surface area contributed by atoms with Crippen LogP contribution in [0.15, 0.2) is 0 Å². The van der Waals surface area contributed by atoms with Crippen LogP contribution in [0.25, 0.3) is 0 Å². The first kappa shape index (κ1) is 17.9. The van der Waals surface area contributed by atoms with Crippen molar-refractivity contribution in [2.75, 3.05) is 0 Å². The lowest BCUT2D eigenvalue weighted by atomic mass is 9.93.